The van der Waals surface area contributed by atoms with E-state index in [0.717, 1.165) is 22.3 Å². The Morgan fingerprint density at radius 3 is 2.21 bits per heavy atom. The number of alkyl carbamates (subject to hydrolysis) is 1. The molecule has 0 spiro atoms. The van der Waals surface area contributed by atoms with Gasteiger partial charge in [0.2, 0.25) is 0 Å². The summed E-state index contributed by atoms with van der Waals surface area (Å²) in [6, 6.07) is 20.6. The summed E-state index contributed by atoms with van der Waals surface area (Å²) in [4.78, 5) is 23.3. The maximum Gasteiger partial charge on any atom is 0.407 e. The van der Waals surface area contributed by atoms with Crippen LogP contribution in [-0.2, 0) is 11.3 Å². The largest absolute Gasteiger partial charge is 0.478 e. The summed E-state index contributed by atoms with van der Waals surface area (Å²) >= 11 is 0. The van der Waals surface area contributed by atoms with E-state index >= 15 is 0 Å². The molecular weight excluding hydrogens is 368 g/mol. The van der Waals surface area contributed by atoms with Gasteiger partial charge in [-0.15, -0.1) is 0 Å². The molecular formula is C23H20N2O4. The monoisotopic (exact) mass is 388 g/mol. The quantitative estimate of drug-likeness (QED) is 0.573. The van der Waals surface area contributed by atoms with E-state index in [1.807, 2.05) is 24.3 Å². The molecule has 3 aromatic rings. The van der Waals surface area contributed by atoms with Crippen molar-refractivity contribution in [3.63, 3.8) is 0 Å². The maximum atomic E-state index is 12.2. The summed E-state index contributed by atoms with van der Waals surface area (Å²) in [7, 11) is 0. The third-order valence-corrected chi connectivity index (χ3v) is 5.16. The second-order valence-corrected chi connectivity index (χ2v) is 6.90. The van der Waals surface area contributed by atoms with Gasteiger partial charge in [0.05, 0.1) is 5.56 Å². The molecule has 0 atom stereocenters. The summed E-state index contributed by atoms with van der Waals surface area (Å²) in [5, 5.41) is 11.7. The van der Waals surface area contributed by atoms with Crippen molar-refractivity contribution in [2.45, 2.75) is 12.5 Å². The second-order valence-electron chi connectivity index (χ2n) is 6.90. The SMILES string of the molecule is Nc1ccc(C(=O)O)cc1CNC(=O)OCC1c2ccccc2-c2ccccc21. The molecule has 0 aromatic heterocycles. The summed E-state index contributed by atoms with van der Waals surface area (Å²) in [6.45, 7) is 0.300. The highest BCUT2D eigenvalue weighted by Gasteiger charge is 2.28. The number of nitrogens with one attached hydrogen (secondary N) is 1. The molecule has 4 rings (SSSR count). The lowest BCUT2D eigenvalue weighted by atomic mass is 9.98. The van der Waals surface area contributed by atoms with Crippen LogP contribution in [0, 0.1) is 0 Å². The number of carboxylic acid groups (broad SMARTS) is 1. The van der Waals surface area contributed by atoms with Gasteiger partial charge in [-0.1, -0.05) is 48.5 Å². The fourth-order valence-corrected chi connectivity index (χ4v) is 3.71. The molecule has 29 heavy (non-hydrogen) atoms. The number of fused-ring (bicyclic) bond motifs is 3. The lowest BCUT2D eigenvalue weighted by Crippen LogP contribution is -2.26. The number of carboxylic acids is 1. The summed E-state index contributed by atoms with van der Waals surface area (Å²) in [6.07, 6.45) is -0.577. The van der Waals surface area contributed by atoms with Crippen molar-refractivity contribution in [2.75, 3.05) is 12.3 Å². The molecule has 6 nitrogen and oxygen atoms in total. The predicted molar refractivity (Wildman–Crippen MR) is 110 cm³/mol. The topological polar surface area (TPSA) is 102 Å². The minimum Gasteiger partial charge on any atom is -0.478 e. The molecule has 4 N–H and O–H groups in total. The zero-order valence-electron chi connectivity index (χ0n) is 15.6. The van der Waals surface area contributed by atoms with Gasteiger partial charge in [0.25, 0.3) is 0 Å². The number of nitrogens with two attached hydrogens (primary N) is 1. The minimum absolute atomic E-state index is 0.0199. The number of aromatic carboxylic acids is 1. The predicted octanol–water partition coefficient (Wildman–Crippen LogP) is 4.01. The normalized spacial score (nSPS) is 12.1. The van der Waals surface area contributed by atoms with Crippen molar-refractivity contribution in [2.24, 2.45) is 0 Å². The molecule has 0 radical (unpaired) electrons. The second kappa shape index (κ2) is 7.67. The number of nitrogen functional groups attached to an aromatic ring is 1. The average Bonchev–Trinajstić information content (AvgIpc) is 3.05. The smallest absolute Gasteiger partial charge is 0.407 e. The summed E-state index contributed by atoms with van der Waals surface area (Å²) in [5.74, 6) is -1.07. The van der Waals surface area contributed by atoms with Gasteiger partial charge in [0.15, 0.2) is 0 Å². The molecule has 0 saturated heterocycles. The molecule has 1 aliphatic rings. The molecule has 1 amide bonds. The van der Waals surface area contributed by atoms with E-state index in [9.17, 15) is 9.59 Å². The van der Waals surface area contributed by atoms with Crippen molar-refractivity contribution in [3.8, 4) is 11.1 Å². The number of rotatable bonds is 5. The van der Waals surface area contributed by atoms with Gasteiger partial charge in [0.1, 0.15) is 6.61 Å². The van der Waals surface area contributed by atoms with Crippen LogP contribution in [-0.4, -0.2) is 23.8 Å². The van der Waals surface area contributed by atoms with Gasteiger partial charge >= 0.3 is 12.1 Å². The van der Waals surface area contributed by atoms with E-state index < -0.39 is 12.1 Å². The van der Waals surface area contributed by atoms with Crippen molar-refractivity contribution < 1.29 is 19.4 Å². The van der Waals surface area contributed by atoms with Crippen LogP contribution in [0.15, 0.2) is 66.7 Å². The van der Waals surface area contributed by atoms with Crippen LogP contribution in [0.25, 0.3) is 11.1 Å². The third kappa shape index (κ3) is 3.65. The van der Waals surface area contributed by atoms with E-state index in [0.29, 0.717) is 11.3 Å². The molecule has 0 fully saturated rings. The first kappa shape index (κ1) is 18.6. The van der Waals surface area contributed by atoms with Crippen LogP contribution in [0.5, 0.6) is 0 Å². The number of hydrogen-bond acceptors (Lipinski definition) is 4. The molecule has 0 aliphatic heterocycles. The van der Waals surface area contributed by atoms with Crippen LogP contribution in [0.3, 0.4) is 0 Å². The first-order valence-corrected chi connectivity index (χ1v) is 9.25. The first-order valence-electron chi connectivity index (χ1n) is 9.25. The van der Waals surface area contributed by atoms with Crippen molar-refractivity contribution >= 4 is 17.7 Å². The van der Waals surface area contributed by atoms with Gasteiger partial charge in [-0.2, -0.15) is 0 Å². The Bertz CT molecular complexity index is 1050. The van der Waals surface area contributed by atoms with Gasteiger partial charge < -0.3 is 20.9 Å². The number of benzene rings is 3. The Morgan fingerprint density at radius 1 is 0.966 bits per heavy atom. The van der Waals surface area contributed by atoms with E-state index in [-0.39, 0.29) is 24.6 Å². The lowest BCUT2D eigenvalue weighted by Gasteiger charge is -2.15. The molecule has 146 valence electrons. The van der Waals surface area contributed by atoms with Gasteiger partial charge in [0, 0.05) is 18.2 Å². The zero-order valence-corrected chi connectivity index (χ0v) is 15.6. The van der Waals surface area contributed by atoms with Gasteiger partial charge in [-0.05, 0) is 46.0 Å². The van der Waals surface area contributed by atoms with Crippen LogP contribution in [0.4, 0.5) is 10.5 Å². The number of anilines is 1. The van der Waals surface area contributed by atoms with Crippen molar-refractivity contribution in [1.82, 2.24) is 5.32 Å². The zero-order chi connectivity index (χ0) is 20.4. The number of hydrogen-bond donors (Lipinski definition) is 3. The Kier molecular flexibility index (Phi) is 4.91. The Hall–Kier alpha value is -3.80. The Labute approximate surface area is 167 Å². The minimum atomic E-state index is -1.05. The van der Waals surface area contributed by atoms with Crippen LogP contribution in [0.2, 0.25) is 0 Å². The highest BCUT2D eigenvalue weighted by atomic mass is 16.5. The molecule has 0 heterocycles. The van der Waals surface area contributed by atoms with E-state index in [4.69, 9.17) is 15.6 Å². The standard InChI is InChI=1S/C23H20N2O4/c24-21-10-9-14(22(26)27)11-15(21)12-25-23(28)29-13-20-18-7-3-1-5-16(18)17-6-2-4-8-19(17)20/h1-11,20H,12-13,24H2,(H,25,28)(H,26,27). The van der Waals surface area contributed by atoms with Crippen LogP contribution >= 0.6 is 0 Å². The molecule has 0 bridgehead atoms. The molecule has 6 heteroatoms. The molecule has 0 saturated carbocycles. The number of ether oxygens (including phenoxy) is 1. The van der Waals surface area contributed by atoms with Crippen molar-refractivity contribution in [1.29, 1.82) is 0 Å². The van der Waals surface area contributed by atoms with Gasteiger partial charge in [-0.25, -0.2) is 9.59 Å². The van der Waals surface area contributed by atoms with E-state index in [1.54, 1.807) is 0 Å². The lowest BCUT2D eigenvalue weighted by molar-refractivity contribution is 0.0696. The fraction of sp³-hybridized carbons (Fsp3) is 0.130. The van der Waals surface area contributed by atoms with E-state index in [2.05, 4.69) is 29.6 Å². The van der Waals surface area contributed by atoms with Gasteiger partial charge in [-0.3, -0.25) is 0 Å². The van der Waals surface area contributed by atoms with Crippen LogP contribution in [0.1, 0.15) is 33.0 Å². The summed E-state index contributed by atoms with van der Waals surface area (Å²) in [5.41, 5.74) is 11.5. The maximum absolute atomic E-state index is 12.2. The highest BCUT2D eigenvalue weighted by Crippen LogP contribution is 2.44. The number of amides is 1. The summed E-state index contributed by atoms with van der Waals surface area (Å²) < 4.78 is 5.47. The Balaban J connectivity index is 1.42. The van der Waals surface area contributed by atoms with Crippen LogP contribution < -0.4 is 11.1 Å². The third-order valence-electron chi connectivity index (χ3n) is 5.16. The Morgan fingerprint density at radius 2 is 1.59 bits per heavy atom. The average molecular weight is 388 g/mol. The molecule has 3 aromatic carbocycles. The first-order chi connectivity index (χ1) is 14.0. The number of carbonyl (C=O) groups excluding carboxylic acids is 1. The molecule has 1 aliphatic carbocycles. The molecule has 0 unspecified atom stereocenters. The van der Waals surface area contributed by atoms with E-state index in [1.165, 1.54) is 18.2 Å². The highest BCUT2D eigenvalue weighted by molar-refractivity contribution is 5.88. The fourth-order valence-electron chi connectivity index (χ4n) is 3.71. The number of carbonyl (C=O) groups is 2. The van der Waals surface area contributed by atoms with Crippen molar-refractivity contribution in [3.05, 3.63) is 89.0 Å².